The van der Waals surface area contributed by atoms with Gasteiger partial charge < -0.3 is 21.3 Å². The van der Waals surface area contributed by atoms with Gasteiger partial charge in [-0.2, -0.15) is 54.4 Å². The molecule has 74 heavy (non-hydrogen) atoms. The van der Waals surface area contributed by atoms with Gasteiger partial charge in [0.1, 0.15) is 44.9 Å². The van der Waals surface area contributed by atoms with Crippen molar-refractivity contribution in [3.8, 4) is 23.3 Å². The first-order valence-corrected chi connectivity index (χ1v) is 29.2. The number of anilines is 4. The summed E-state index contributed by atoms with van der Waals surface area (Å²) in [6.07, 6.45) is 0. The molecule has 0 saturated heterocycles. The largest absolute Gasteiger partial charge is 0.397 e. The summed E-state index contributed by atoms with van der Waals surface area (Å²) in [6, 6.07) is 9.45. The number of azo groups is 2. The van der Waals surface area contributed by atoms with Gasteiger partial charge in [-0.05, 0) is 38.1 Å². The van der Waals surface area contributed by atoms with Crippen LogP contribution in [-0.2, 0) is 69.1 Å². The fraction of sp³-hybridized carbons (Fsp3) is 0.263. The van der Waals surface area contributed by atoms with Crippen molar-refractivity contribution in [2.75, 3.05) is 72.2 Å². The Morgan fingerprint density at radius 2 is 0.892 bits per heavy atom. The summed E-state index contributed by atoms with van der Waals surface area (Å²) in [5.41, 5.74) is -2.42. The van der Waals surface area contributed by atoms with Crippen molar-refractivity contribution >= 4 is 107 Å². The average Bonchev–Trinajstić information content (AvgIpc) is 3.30. The Morgan fingerprint density at radius 3 is 1.22 bits per heavy atom. The maximum Gasteiger partial charge on any atom is 0.397 e. The van der Waals surface area contributed by atoms with Gasteiger partial charge in [-0.25, -0.2) is 35.2 Å². The first-order chi connectivity index (χ1) is 34.3. The number of benzene rings is 2. The molecule has 2 heterocycles. The summed E-state index contributed by atoms with van der Waals surface area (Å²) >= 11 is 0. The number of hydrogen-bond donors (Lipinski definition) is 8. The van der Waals surface area contributed by atoms with Crippen molar-refractivity contribution in [1.82, 2.24) is 9.97 Å². The minimum Gasteiger partial charge on any atom is -0.368 e. The molecule has 0 fully saturated rings. The van der Waals surface area contributed by atoms with Gasteiger partial charge in [-0.1, -0.05) is 25.3 Å². The molecule has 0 aliphatic heterocycles. The summed E-state index contributed by atoms with van der Waals surface area (Å²) < 4.78 is 191. The number of nitrogens with one attached hydrogen (secondary N) is 4. The van der Waals surface area contributed by atoms with Crippen molar-refractivity contribution in [2.24, 2.45) is 20.5 Å². The highest BCUT2D eigenvalue weighted by Gasteiger charge is 2.26. The highest BCUT2D eigenvalue weighted by Crippen LogP contribution is 2.40. The quantitative estimate of drug-likeness (QED) is 0.0235. The second kappa shape index (κ2) is 24.4. The topological polar surface area (TPSA) is 475 Å². The second-order valence-electron chi connectivity index (χ2n) is 14.5. The smallest absolute Gasteiger partial charge is 0.368 e. The summed E-state index contributed by atoms with van der Waals surface area (Å²) in [5, 5.41) is 48.4. The molecule has 0 aliphatic carbocycles. The molecule has 398 valence electrons. The Hall–Kier alpha value is -6.94. The first kappa shape index (κ1) is 59.6. The summed E-state index contributed by atoms with van der Waals surface area (Å²) in [5.74, 6) is -1.73. The fourth-order valence-electron chi connectivity index (χ4n) is 6.07. The molecule has 4 rings (SSSR count). The molecule has 0 atom stereocenters. The summed E-state index contributed by atoms with van der Waals surface area (Å²) in [6.45, 7) is 6.65. The van der Waals surface area contributed by atoms with Gasteiger partial charge in [0, 0.05) is 59.2 Å². The van der Waals surface area contributed by atoms with Gasteiger partial charge in [0.05, 0.1) is 47.2 Å². The molecule has 2 aromatic carbocycles. The third-order valence-electron chi connectivity index (χ3n) is 9.48. The van der Waals surface area contributed by atoms with E-state index in [1.54, 1.807) is 0 Å². The molecule has 4 aromatic rings. The normalized spacial score (nSPS) is 12.5. The standard InChI is InChI=1S/C38H42N12O18S6/c1-5-69(51,52)17-13-43-36-30(22-40)24(4)33(37(46-36)42-12-16-68-74(64,65)66)49-47-25-7-9-27(31(19-25)71(55,56)57)28-10-8-26(20-32(28)72(58,59)60)48-50-34-23(3)29(21-39)35(41-11-15-67-73(61,62)63)45-38(34)44-14-18-70(53,54)6-2/h5-10,19-20H,1-2,11-18H2,3-4H3,(H2,41,44,45)(H2,42,43,46)(H,55,56,57)(H,58,59,60)(H,61,62,63)(H,64,65,66)/b49-47+,50-48+. The van der Waals surface area contributed by atoms with Crippen LogP contribution in [0.4, 0.5) is 46.0 Å². The highest BCUT2D eigenvalue weighted by molar-refractivity contribution is 7.94. The minimum atomic E-state index is -5.30. The van der Waals surface area contributed by atoms with E-state index >= 15 is 0 Å². The SMILES string of the molecule is C=CS(=O)(=O)CCNc1nc(NCCOS(=O)(=O)O)c(/N=N/c2ccc(-c3ccc(/N=N/c4c(NCCS(=O)(=O)C=C)nc(NCCOS(=O)(=O)O)c(C#N)c4C)cc3S(=O)(=O)O)c(S(=O)(=O)O)c2)c(C)c1C#N. The number of nitrogens with zero attached hydrogens (tertiary/aromatic N) is 8. The highest BCUT2D eigenvalue weighted by atomic mass is 32.3. The molecule has 0 aliphatic rings. The van der Waals surface area contributed by atoms with Crippen molar-refractivity contribution in [1.29, 1.82) is 10.5 Å². The van der Waals surface area contributed by atoms with E-state index in [2.05, 4.69) is 73.2 Å². The number of aromatic nitrogens is 2. The lowest BCUT2D eigenvalue weighted by molar-refractivity contribution is 0.277. The molecule has 0 radical (unpaired) electrons. The van der Waals surface area contributed by atoms with Crippen LogP contribution in [0.3, 0.4) is 0 Å². The van der Waals surface area contributed by atoms with E-state index in [9.17, 15) is 70.1 Å². The average molecular weight is 1150 g/mol. The Bertz CT molecular complexity index is 3710. The van der Waals surface area contributed by atoms with Crippen LogP contribution in [0.25, 0.3) is 11.1 Å². The van der Waals surface area contributed by atoms with Crippen LogP contribution in [0.1, 0.15) is 22.3 Å². The molecule has 2 aromatic heterocycles. The molecule has 8 N–H and O–H groups in total. The van der Waals surface area contributed by atoms with E-state index in [0.29, 0.717) is 5.41 Å². The number of sulfone groups is 2. The predicted molar refractivity (Wildman–Crippen MR) is 264 cm³/mol. The minimum absolute atomic E-state index is 0.0401. The lowest BCUT2D eigenvalue weighted by Crippen LogP contribution is -2.17. The lowest BCUT2D eigenvalue weighted by atomic mass is 10.0. The van der Waals surface area contributed by atoms with Crippen LogP contribution >= 0.6 is 0 Å². The van der Waals surface area contributed by atoms with Gasteiger partial charge >= 0.3 is 20.8 Å². The second-order valence-corrected chi connectivity index (χ2v) is 23.6. The zero-order valence-electron chi connectivity index (χ0n) is 38.2. The molecular weight excluding hydrogens is 1100 g/mol. The van der Waals surface area contributed by atoms with Gasteiger partial charge in [-0.15, -0.1) is 10.2 Å². The van der Waals surface area contributed by atoms with E-state index in [0.717, 1.165) is 41.8 Å². The molecule has 0 unspecified atom stereocenters. The van der Waals surface area contributed by atoms with Crippen LogP contribution < -0.4 is 21.3 Å². The van der Waals surface area contributed by atoms with Gasteiger partial charge in [0.15, 0.2) is 31.3 Å². The molecule has 0 saturated carbocycles. The lowest BCUT2D eigenvalue weighted by Gasteiger charge is -2.16. The zero-order valence-corrected chi connectivity index (χ0v) is 43.1. The maximum absolute atomic E-state index is 12.9. The van der Waals surface area contributed by atoms with E-state index < -0.39 is 106 Å². The Labute approximate surface area is 424 Å². The van der Waals surface area contributed by atoms with Crippen LogP contribution in [0, 0.1) is 36.5 Å². The Balaban J connectivity index is 1.82. The molecule has 0 amide bonds. The third-order valence-corrected chi connectivity index (χ3v) is 14.8. The van der Waals surface area contributed by atoms with Crippen molar-refractivity contribution in [3.05, 3.63) is 82.6 Å². The third kappa shape index (κ3) is 17.1. The molecule has 30 nitrogen and oxygen atoms in total. The Morgan fingerprint density at radius 1 is 0.554 bits per heavy atom. The number of nitriles is 2. The van der Waals surface area contributed by atoms with Crippen LogP contribution in [0.15, 0.2) is 90.6 Å². The predicted octanol–water partition coefficient (Wildman–Crippen LogP) is 4.23. The Kier molecular flexibility index (Phi) is 19.7. The van der Waals surface area contributed by atoms with Crippen LogP contribution in [0.5, 0.6) is 0 Å². The number of pyridine rings is 2. The fourth-order valence-corrected chi connectivity index (χ4v) is 9.21. The molecule has 36 heteroatoms. The monoisotopic (exact) mass is 1150 g/mol. The zero-order chi connectivity index (χ0) is 55.5. The van der Waals surface area contributed by atoms with E-state index in [4.69, 9.17) is 9.11 Å². The summed E-state index contributed by atoms with van der Waals surface area (Å²) in [4.78, 5) is 6.54. The molecule has 0 spiro atoms. The van der Waals surface area contributed by atoms with Crippen molar-refractivity contribution in [3.63, 3.8) is 0 Å². The maximum atomic E-state index is 12.9. The van der Waals surface area contributed by atoms with Crippen molar-refractivity contribution < 1.29 is 77.1 Å². The molecule has 0 bridgehead atoms. The van der Waals surface area contributed by atoms with Gasteiger partial charge in [0.2, 0.25) is 0 Å². The molecular formula is C38H42N12O18S6. The van der Waals surface area contributed by atoms with E-state index in [-0.39, 0.29) is 94.5 Å². The van der Waals surface area contributed by atoms with E-state index in [1.165, 1.54) is 13.8 Å². The van der Waals surface area contributed by atoms with Crippen molar-refractivity contribution in [2.45, 2.75) is 23.6 Å². The van der Waals surface area contributed by atoms with Crippen LogP contribution in [-0.4, -0.2) is 130 Å². The number of rotatable bonds is 27. The van der Waals surface area contributed by atoms with Gasteiger partial charge in [0.25, 0.3) is 20.2 Å². The summed E-state index contributed by atoms with van der Waals surface area (Å²) in [7, 11) is -27.8. The number of hydrogen-bond acceptors (Lipinski definition) is 26. The first-order valence-electron chi connectivity index (χ1n) is 20.2. The van der Waals surface area contributed by atoms with Gasteiger partial charge in [-0.3, -0.25) is 18.2 Å². The van der Waals surface area contributed by atoms with E-state index in [1.807, 2.05) is 12.1 Å². The van der Waals surface area contributed by atoms with Crippen LogP contribution in [0.2, 0.25) is 0 Å².